The summed E-state index contributed by atoms with van der Waals surface area (Å²) in [5, 5.41) is 8.65. The number of anilines is 9. The first kappa shape index (κ1) is 52.8. The third-order valence-corrected chi connectivity index (χ3v) is 16.5. The molecule has 7 heteroatoms. The van der Waals surface area contributed by atoms with Crippen LogP contribution in [0.4, 0.5) is 51.2 Å². The molecule has 0 atom stereocenters. The normalized spacial score (nSPS) is 10.8. The van der Waals surface area contributed by atoms with E-state index in [0.29, 0.717) is 0 Å². The molecule has 388 valence electrons. The van der Waals surface area contributed by atoms with Crippen LogP contribution in [0.15, 0.2) is 308 Å². The molecular formula is C73H57BrN4S2. The van der Waals surface area contributed by atoms with Crippen LogP contribution in [0, 0.1) is 0 Å². The van der Waals surface area contributed by atoms with Crippen LogP contribution in [0.2, 0.25) is 0 Å². The molecule has 3 N–H and O–H groups in total. The Morgan fingerprint density at radius 3 is 1.00 bits per heavy atom. The quantitative estimate of drug-likeness (QED) is 0.134. The van der Waals surface area contributed by atoms with E-state index in [-0.39, 0.29) is 7.43 Å². The standard InChI is InChI=1S/C36H26N2S.C30H20BrNS.C6H7N.CH4/c1-4-10-28(11-5-1)37-29-19-16-26(17-20-29)27-18-22-33-34-25-32(21-23-35(34)39-36(33)24-27)38(30-12-6-2-7-13-30)31-14-8-3-9-15-31;31-23-14-11-21(12-15-23)22-13-17-27-28-20-26(16-18-29(28)33-30(27)19-22)32(24-7-3-1-4-8-24)25-9-5-2-6-10-25;7-6-4-2-1-3-5-6;/h1-25,37H;1-20H;1-5H,7H2;1H4. The fraction of sp³-hybridized carbons (Fsp3) is 0.0137. The lowest BCUT2D eigenvalue weighted by Gasteiger charge is -2.25. The predicted molar refractivity (Wildman–Crippen MR) is 354 cm³/mol. The van der Waals surface area contributed by atoms with Gasteiger partial charge in [0.2, 0.25) is 0 Å². The second kappa shape index (κ2) is 24.6. The Balaban J connectivity index is 0.000000150. The average molecular weight is 1130 g/mol. The molecule has 2 aromatic heterocycles. The van der Waals surface area contributed by atoms with Crippen LogP contribution in [-0.2, 0) is 0 Å². The van der Waals surface area contributed by atoms with E-state index in [1.165, 1.54) is 62.6 Å². The van der Waals surface area contributed by atoms with Gasteiger partial charge in [0.25, 0.3) is 0 Å². The van der Waals surface area contributed by atoms with Gasteiger partial charge in [-0.05, 0) is 168 Å². The van der Waals surface area contributed by atoms with E-state index in [0.717, 1.165) is 55.7 Å². The maximum Gasteiger partial charge on any atom is 0.0468 e. The lowest BCUT2D eigenvalue weighted by atomic mass is 10.0. The smallest absolute Gasteiger partial charge is 0.0468 e. The second-order valence-corrected chi connectivity index (χ2v) is 22.1. The third kappa shape index (κ3) is 11.9. The number of nitrogens with zero attached hydrogens (tertiary/aromatic N) is 2. The second-order valence-electron chi connectivity index (χ2n) is 19.0. The molecule has 0 aliphatic rings. The molecule has 80 heavy (non-hydrogen) atoms. The summed E-state index contributed by atoms with van der Waals surface area (Å²) in [5.74, 6) is 0. The molecule has 0 aliphatic heterocycles. The van der Waals surface area contributed by atoms with Crippen molar-refractivity contribution in [3.05, 3.63) is 308 Å². The first-order chi connectivity index (χ1) is 39.0. The number of para-hydroxylation sites is 6. The van der Waals surface area contributed by atoms with E-state index in [9.17, 15) is 0 Å². The largest absolute Gasteiger partial charge is 0.399 e. The van der Waals surface area contributed by atoms with Crippen LogP contribution in [0.25, 0.3) is 62.6 Å². The zero-order valence-corrected chi connectivity index (χ0v) is 46.3. The fourth-order valence-corrected chi connectivity index (χ4v) is 12.4. The Hall–Kier alpha value is -9.24. The Labute approximate surface area is 485 Å². The summed E-state index contributed by atoms with van der Waals surface area (Å²) in [7, 11) is 0. The van der Waals surface area contributed by atoms with E-state index in [2.05, 4.69) is 286 Å². The van der Waals surface area contributed by atoms with Crippen molar-refractivity contribution in [2.24, 2.45) is 0 Å². The van der Waals surface area contributed by atoms with E-state index in [1.54, 1.807) is 0 Å². The SMILES string of the molecule is Brc1ccc(-c2ccc3c(c2)sc2ccc(N(c4ccccc4)c4ccccc4)cc23)cc1.C.Nc1ccccc1.c1ccc(Nc2ccc(-c3ccc4c(c3)sc3ccc(N(c5ccccc5)c5ccccc5)cc34)cc2)cc1. The van der Waals surface area contributed by atoms with Gasteiger partial charge in [-0.15, -0.1) is 22.7 Å². The number of halogens is 1. The zero-order valence-electron chi connectivity index (χ0n) is 43.0. The number of hydrogen-bond acceptors (Lipinski definition) is 6. The number of nitrogen functional groups attached to an aromatic ring is 1. The van der Waals surface area contributed by atoms with Crippen molar-refractivity contribution in [2.45, 2.75) is 7.43 Å². The molecule has 0 saturated heterocycles. The van der Waals surface area contributed by atoms with E-state index >= 15 is 0 Å². The summed E-state index contributed by atoms with van der Waals surface area (Å²) >= 11 is 7.25. The zero-order chi connectivity index (χ0) is 53.3. The first-order valence-electron chi connectivity index (χ1n) is 26.2. The minimum atomic E-state index is 0. The number of thiophene rings is 2. The van der Waals surface area contributed by atoms with E-state index < -0.39 is 0 Å². The van der Waals surface area contributed by atoms with E-state index in [4.69, 9.17) is 5.73 Å². The van der Waals surface area contributed by atoms with Crippen molar-refractivity contribution in [1.82, 2.24) is 0 Å². The van der Waals surface area contributed by atoms with E-state index in [1.807, 2.05) is 71.2 Å². The van der Waals surface area contributed by atoms with Crippen molar-refractivity contribution in [3.63, 3.8) is 0 Å². The lowest BCUT2D eigenvalue weighted by Crippen LogP contribution is -2.09. The predicted octanol–water partition coefficient (Wildman–Crippen LogP) is 22.8. The van der Waals surface area contributed by atoms with Crippen LogP contribution in [-0.4, -0.2) is 0 Å². The highest BCUT2D eigenvalue weighted by Gasteiger charge is 2.17. The topological polar surface area (TPSA) is 44.5 Å². The van der Waals surface area contributed by atoms with Gasteiger partial charge in [0.15, 0.2) is 0 Å². The van der Waals surface area contributed by atoms with Gasteiger partial charge in [0.1, 0.15) is 0 Å². The Kier molecular flexibility index (Phi) is 16.2. The van der Waals surface area contributed by atoms with Gasteiger partial charge in [0.05, 0.1) is 0 Å². The molecule has 0 fully saturated rings. The first-order valence-corrected chi connectivity index (χ1v) is 28.6. The molecule has 14 rings (SSSR count). The fourth-order valence-electron chi connectivity index (χ4n) is 9.90. The Bertz CT molecular complexity index is 4190. The van der Waals surface area contributed by atoms with Crippen LogP contribution in [0.5, 0.6) is 0 Å². The Morgan fingerprint density at radius 1 is 0.287 bits per heavy atom. The highest BCUT2D eigenvalue weighted by molar-refractivity contribution is 9.10. The van der Waals surface area contributed by atoms with Gasteiger partial charge in [0, 0.05) is 96.0 Å². The van der Waals surface area contributed by atoms with Crippen LogP contribution < -0.4 is 20.9 Å². The summed E-state index contributed by atoms with van der Waals surface area (Å²) in [5.41, 5.74) is 20.2. The number of hydrogen-bond donors (Lipinski definition) is 2. The molecule has 4 nitrogen and oxygen atoms in total. The molecule has 0 saturated carbocycles. The highest BCUT2D eigenvalue weighted by Crippen LogP contribution is 2.44. The van der Waals surface area contributed by atoms with Crippen LogP contribution in [0.3, 0.4) is 0 Å². The van der Waals surface area contributed by atoms with Crippen molar-refractivity contribution in [2.75, 3.05) is 20.9 Å². The molecule has 0 amide bonds. The van der Waals surface area contributed by atoms with Crippen molar-refractivity contribution in [3.8, 4) is 22.3 Å². The minimum Gasteiger partial charge on any atom is -0.399 e. The van der Waals surface area contributed by atoms with Crippen LogP contribution >= 0.6 is 38.6 Å². The molecule has 0 aliphatic carbocycles. The summed E-state index contributed by atoms with van der Waals surface area (Å²) in [4.78, 5) is 4.64. The molecule has 2 heterocycles. The molecule has 14 aromatic rings. The van der Waals surface area contributed by atoms with Crippen molar-refractivity contribution < 1.29 is 0 Å². The number of fused-ring (bicyclic) bond motifs is 6. The monoisotopic (exact) mass is 1130 g/mol. The van der Waals surface area contributed by atoms with Gasteiger partial charge in [-0.25, -0.2) is 0 Å². The van der Waals surface area contributed by atoms with Gasteiger partial charge >= 0.3 is 0 Å². The number of rotatable bonds is 10. The van der Waals surface area contributed by atoms with Gasteiger partial charge in [-0.3, -0.25) is 0 Å². The summed E-state index contributed by atoms with van der Waals surface area (Å²) < 4.78 is 6.32. The molecule has 0 radical (unpaired) electrons. The number of nitrogens with one attached hydrogen (secondary N) is 1. The average Bonchev–Trinajstić information content (AvgIpc) is 4.08. The number of benzene rings is 12. The molecule has 12 aromatic carbocycles. The van der Waals surface area contributed by atoms with Crippen molar-refractivity contribution in [1.29, 1.82) is 0 Å². The van der Waals surface area contributed by atoms with Crippen LogP contribution in [0.1, 0.15) is 7.43 Å². The van der Waals surface area contributed by atoms with Crippen molar-refractivity contribution >= 4 is 130 Å². The maximum absolute atomic E-state index is 5.36. The molecule has 0 unspecified atom stereocenters. The van der Waals surface area contributed by atoms with Gasteiger partial charge in [-0.1, -0.05) is 181 Å². The Morgan fingerprint density at radius 2 is 0.625 bits per heavy atom. The number of nitrogens with two attached hydrogens (primary N) is 1. The lowest BCUT2D eigenvalue weighted by molar-refractivity contribution is 1.29. The van der Waals surface area contributed by atoms with Gasteiger partial charge in [-0.2, -0.15) is 0 Å². The third-order valence-electron chi connectivity index (χ3n) is 13.7. The summed E-state index contributed by atoms with van der Waals surface area (Å²) in [6.45, 7) is 0. The molecule has 0 bridgehead atoms. The maximum atomic E-state index is 5.36. The van der Waals surface area contributed by atoms with Gasteiger partial charge < -0.3 is 20.9 Å². The minimum absolute atomic E-state index is 0. The molecule has 0 spiro atoms. The molecular weight excluding hydrogens is 1080 g/mol. The summed E-state index contributed by atoms with van der Waals surface area (Å²) in [6, 6.07) is 107. The summed E-state index contributed by atoms with van der Waals surface area (Å²) in [6.07, 6.45) is 0. The highest BCUT2D eigenvalue weighted by atomic mass is 79.9.